The van der Waals surface area contributed by atoms with Gasteiger partial charge in [-0.05, 0) is 31.5 Å². The van der Waals surface area contributed by atoms with Crippen molar-refractivity contribution in [1.82, 2.24) is 35.1 Å². The molecule has 14 heteroatoms. The molecule has 2 amide bonds. The summed E-state index contributed by atoms with van der Waals surface area (Å²) in [5, 5.41) is 5.88. The summed E-state index contributed by atoms with van der Waals surface area (Å²) in [6, 6.07) is 8.57. The zero-order valence-corrected chi connectivity index (χ0v) is 22.6. The predicted octanol–water partition coefficient (Wildman–Crippen LogP) is 1.11. The predicted molar refractivity (Wildman–Crippen MR) is 147 cm³/mol. The second-order valence-corrected chi connectivity index (χ2v) is 10.3. The van der Waals surface area contributed by atoms with Gasteiger partial charge in [0, 0.05) is 45.3 Å². The van der Waals surface area contributed by atoms with Gasteiger partial charge in [-0.3, -0.25) is 14.2 Å². The van der Waals surface area contributed by atoms with Crippen molar-refractivity contribution in [3.63, 3.8) is 0 Å². The highest BCUT2D eigenvalue weighted by Crippen LogP contribution is 2.29. The first kappa shape index (κ1) is 27.3. The molecule has 3 fully saturated rings. The van der Waals surface area contributed by atoms with Crippen molar-refractivity contribution in [3.8, 4) is 5.95 Å². The maximum absolute atomic E-state index is 14.1. The molecule has 1 unspecified atom stereocenters. The molecule has 0 bridgehead atoms. The van der Waals surface area contributed by atoms with Crippen molar-refractivity contribution in [3.05, 3.63) is 36.2 Å². The lowest BCUT2D eigenvalue weighted by molar-refractivity contribution is -0.133. The first-order valence-corrected chi connectivity index (χ1v) is 14.0. The summed E-state index contributed by atoms with van der Waals surface area (Å²) in [4.78, 5) is 44.5. The van der Waals surface area contributed by atoms with E-state index in [2.05, 4.69) is 20.5 Å². The Balaban J connectivity index is 1.23. The Morgan fingerprint density at radius 3 is 2.39 bits per heavy atom. The van der Waals surface area contributed by atoms with E-state index in [1.54, 1.807) is 29.2 Å². The fraction of sp³-hybridized carbons (Fsp3) is 0.519. The molecule has 0 radical (unpaired) electrons. The number of nitrogens with zero attached hydrogens (tertiary/aromatic N) is 7. The number of aromatic nitrogens is 4. The number of carbonyl (C=O) groups is 2. The van der Waals surface area contributed by atoms with Crippen molar-refractivity contribution in [1.29, 1.82) is 0 Å². The number of ether oxygens (including phenoxy) is 1. The minimum atomic E-state index is -2.82. The molecule has 2 N–H and O–H groups in total. The molecule has 0 saturated carbocycles. The highest BCUT2D eigenvalue weighted by atomic mass is 19.3. The summed E-state index contributed by atoms with van der Waals surface area (Å²) >= 11 is 0. The van der Waals surface area contributed by atoms with Gasteiger partial charge in [-0.2, -0.15) is 9.97 Å². The van der Waals surface area contributed by atoms with Gasteiger partial charge in [0.05, 0.1) is 36.8 Å². The summed E-state index contributed by atoms with van der Waals surface area (Å²) in [5.74, 6) is 0.625. The van der Waals surface area contributed by atoms with Crippen LogP contribution in [0.5, 0.6) is 0 Å². The number of hydrogen-bond donors (Lipinski definition) is 2. The Morgan fingerprint density at radius 2 is 1.71 bits per heavy atom. The minimum absolute atomic E-state index is 0.0417. The first-order valence-electron chi connectivity index (χ1n) is 14.0. The maximum atomic E-state index is 14.1. The van der Waals surface area contributed by atoms with E-state index in [1.807, 2.05) is 11.0 Å². The van der Waals surface area contributed by atoms with Crippen molar-refractivity contribution < 1.29 is 23.1 Å². The van der Waals surface area contributed by atoms with Crippen molar-refractivity contribution >= 4 is 34.5 Å². The third-order valence-corrected chi connectivity index (χ3v) is 7.75. The number of piperazine rings is 1. The smallest absolute Gasteiger partial charge is 0.296 e. The second-order valence-electron chi connectivity index (χ2n) is 10.3. The minimum Gasteiger partial charge on any atom is -0.378 e. The lowest BCUT2D eigenvalue weighted by atomic mass is 10.2. The zero-order chi connectivity index (χ0) is 28.3. The lowest BCUT2D eigenvalue weighted by Crippen LogP contribution is -2.52. The van der Waals surface area contributed by atoms with Gasteiger partial charge in [0.25, 0.3) is 6.43 Å². The molecule has 41 heavy (non-hydrogen) atoms. The Morgan fingerprint density at radius 1 is 1.00 bits per heavy atom. The molecule has 1 atom stereocenters. The number of rotatable bonds is 7. The third kappa shape index (κ3) is 5.79. The zero-order valence-electron chi connectivity index (χ0n) is 22.6. The van der Waals surface area contributed by atoms with Crippen LogP contribution in [0.3, 0.4) is 0 Å². The molecular formula is C27H33F2N9O3. The van der Waals surface area contributed by atoms with Crippen LogP contribution >= 0.6 is 0 Å². The number of morpholine rings is 1. The van der Waals surface area contributed by atoms with Gasteiger partial charge in [0.15, 0.2) is 5.82 Å². The van der Waals surface area contributed by atoms with Crippen LogP contribution < -0.4 is 20.4 Å². The average molecular weight is 570 g/mol. The summed E-state index contributed by atoms with van der Waals surface area (Å²) in [6.07, 6.45) is -1.09. The van der Waals surface area contributed by atoms with E-state index in [4.69, 9.17) is 14.7 Å². The fourth-order valence-corrected chi connectivity index (χ4v) is 5.52. The van der Waals surface area contributed by atoms with Gasteiger partial charge in [-0.15, -0.1) is 0 Å². The van der Waals surface area contributed by atoms with Gasteiger partial charge in [0.1, 0.15) is 11.6 Å². The first-order chi connectivity index (χ1) is 20.0. The maximum Gasteiger partial charge on any atom is 0.296 e. The van der Waals surface area contributed by atoms with Gasteiger partial charge in [0.2, 0.25) is 17.8 Å². The Labute approximate surface area is 235 Å². The van der Waals surface area contributed by atoms with Crippen LogP contribution in [-0.4, -0.2) is 108 Å². The molecule has 12 nitrogen and oxygen atoms in total. The number of imidazole rings is 1. The molecule has 6 rings (SSSR count). The van der Waals surface area contributed by atoms with Gasteiger partial charge < -0.3 is 30.1 Å². The Hall–Kier alpha value is -3.91. The second kappa shape index (κ2) is 11.9. The number of amides is 2. The lowest BCUT2D eigenvalue weighted by Gasteiger charge is -2.36. The summed E-state index contributed by atoms with van der Waals surface area (Å²) in [7, 11) is 0. The van der Waals surface area contributed by atoms with Crippen molar-refractivity contribution in [2.75, 3.05) is 75.4 Å². The van der Waals surface area contributed by atoms with Crippen LogP contribution in [0.2, 0.25) is 0 Å². The molecule has 218 valence electrons. The van der Waals surface area contributed by atoms with Crippen LogP contribution in [0.25, 0.3) is 17.0 Å². The van der Waals surface area contributed by atoms with E-state index >= 15 is 0 Å². The summed E-state index contributed by atoms with van der Waals surface area (Å²) < 4.78 is 35.1. The molecule has 2 aromatic heterocycles. The summed E-state index contributed by atoms with van der Waals surface area (Å²) in [5.41, 5.74) is 0.936. The number of nitrogens with one attached hydrogen (secondary N) is 2. The number of anilines is 2. The fourth-order valence-electron chi connectivity index (χ4n) is 5.52. The van der Waals surface area contributed by atoms with Gasteiger partial charge >= 0.3 is 0 Å². The van der Waals surface area contributed by atoms with Crippen molar-refractivity contribution in [2.45, 2.75) is 25.3 Å². The molecular weight excluding hydrogens is 536 g/mol. The number of halogens is 2. The number of para-hydroxylation sites is 2. The molecule has 0 spiro atoms. The number of carbonyl (C=O) groups excluding carboxylic acids is 2. The van der Waals surface area contributed by atoms with E-state index in [0.29, 0.717) is 75.2 Å². The SMILES string of the molecule is O=C(NCC(=O)N1CCN(c2cc(N3CCOCC3)nc(-n3c(C(F)F)nc4ccccc43)n2)CC1)C1CCCN1. The van der Waals surface area contributed by atoms with Gasteiger partial charge in [-0.1, -0.05) is 12.1 Å². The van der Waals surface area contributed by atoms with E-state index in [9.17, 15) is 18.4 Å². The van der Waals surface area contributed by atoms with Crippen LogP contribution in [0, 0.1) is 0 Å². The number of benzene rings is 1. The largest absolute Gasteiger partial charge is 0.378 e. The topological polar surface area (TPSA) is 121 Å². The molecule has 3 aromatic rings. The molecule has 3 saturated heterocycles. The highest BCUT2D eigenvalue weighted by molar-refractivity contribution is 5.87. The van der Waals surface area contributed by atoms with Gasteiger partial charge in [-0.25, -0.2) is 13.8 Å². The van der Waals surface area contributed by atoms with E-state index in [0.717, 1.165) is 19.4 Å². The molecule has 5 heterocycles. The molecule has 0 aliphatic carbocycles. The van der Waals surface area contributed by atoms with E-state index in [-0.39, 0.29) is 30.3 Å². The monoisotopic (exact) mass is 569 g/mol. The normalized spacial score (nSPS) is 19.8. The molecule has 1 aromatic carbocycles. The van der Waals surface area contributed by atoms with Crippen LogP contribution in [-0.2, 0) is 14.3 Å². The van der Waals surface area contributed by atoms with Crippen LogP contribution in [0.15, 0.2) is 30.3 Å². The van der Waals surface area contributed by atoms with Crippen LogP contribution in [0.4, 0.5) is 20.4 Å². The highest BCUT2D eigenvalue weighted by Gasteiger charge is 2.28. The molecule has 3 aliphatic rings. The van der Waals surface area contributed by atoms with Crippen molar-refractivity contribution in [2.24, 2.45) is 0 Å². The quantitative estimate of drug-likeness (QED) is 0.431. The van der Waals surface area contributed by atoms with Crippen LogP contribution in [0.1, 0.15) is 25.1 Å². The average Bonchev–Trinajstić information content (AvgIpc) is 3.69. The summed E-state index contributed by atoms with van der Waals surface area (Å²) in [6.45, 7) is 4.96. The van der Waals surface area contributed by atoms with E-state index < -0.39 is 12.2 Å². The number of hydrogen-bond acceptors (Lipinski definition) is 9. The Kier molecular flexibility index (Phi) is 7.92. The number of fused-ring (bicyclic) bond motifs is 1. The van der Waals surface area contributed by atoms with E-state index in [1.165, 1.54) is 4.57 Å². The Bertz CT molecular complexity index is 1400. The third-order valence-electron chi connectivity index (χ3n) is 7.75. The number of alkyl halides is 2. The standard InChI is InChI=1S/C27H33F2N9O3/c28-24(29)25-32-18-4-1-2-6-20(18)38(25)27-33-21(16-22(34-27)36-12-14-41-15-13-36)35-8-10-37(11-9-35)23(39)17-31-26(40)19-5-3-7-30-19/h1-2,4,6,16,19,24,30H,3,5,7-15,17H2,(H,31,40). The molecule has 3 aliphatic heterocycles.